The number of aromatic nitrogens is 4. The molecule has 18 nitrogen and oxygen atoms in total. The molecule has 0 fully saturated rings. The molecule has 0 unspecified atom stereocenters. The summed E-state index contributed by atoms with van der Waals surface area (Å²) in [6.07, 6.45) is 9.01. The molecule has 4 aromatic carbocycles. The van der Waals surface area contributed by atoms with E-state index in [1.807, 2.05) is 119 Å². The number of imide groups is 2. The Kier molecular flexibility index (Phi) is 13.0. The molecule has 4 N–H and O–H groups in total. The Morgan fingerprint density at radius 1 is 0.414 bits per heavy atom. The third-order valence-electron chi connectivity index (χ3n) is 12.0. The van der Waals surface area contributed by atoms with Crippen molar-refractivity contribution in [2.45, 2.75) is 26.2 Å². The Morgan fingerprint density at radius 2 is 0.657 bits per heavy atom. The number of rotatable bonds is 16. The zero-order valence-electron chi connectivity index (χ0n) is 37.8. The fourth-order valence-electron chi connectivity index (χ4n) is 9.25. The van der Waals surface area contributed by atoms with Gasteiger partial charge in [-0.25, -0.2) is 0 Å². The molecule has 0 saturated carbocycles. The van der Waals surface area contributed by atoms with E-state index < -0.39 is 43.9 Å². The zero-order valence-corrected chi connectivity index (χ0v) is 39.4. The predicted molar refractivity (Wildman–Crippen MR) is 263 cm³/mol. The maximum absolute atomic E-state index is 13.2. The third kappa shape index (κ3) is 9.22. The molecule has 0 spiro atoms. The van der Waals surface area contributed by atoms with Gasteiger partial charge < -0.3 is 28.5 Å². The van der Waals surface area contributed by atoms with Crippen LogP contribution in [0, 0.1) is 0 Å². The number of hydrogen-bond donors (Lipinski definition) is 4. The van der Waals surface area contributed by atoms with Crippen molar-refractivity contribution in [1.82, 2.24) is 28.9 Å². The van der Waals surface area contributed by atoms with Crippen LogP contribution in [-0.2, 0) is 74.0 Å². The quantitative estimate of drug-likeness (QED) is 0.0785. The monoisotopic (exact) mass is 986 g/mol. The van der Waals surface area contributed by atoms with Gasteiger partial charge in [0.05, 0.1) is 61.2 Å². The van der Waals surface area contributed by atoms with Crippen LogP contribution in [0.3, 0.4) is 0 Å². The van der Waals surface area contributed by atoms with Crippen molar-refractivity contribution in [2.75, 3.05) is 38.9 Å². The topological polar surface area (TPSA) is 239 Å². The normalized spacial score (nSPS) is 14.5. The first-order chi connectivity index (χ1) is 33.6. The molecule has 10 rings (SSSR count). The van der Waals surface area contributed by atoms with Gasteiger partial charge in [0.2, 0.25) is 0 Å². The minimum absolute atomic E-state index is 0.0379. The van der Waals surface area contributed by atoms with Gasteiger partial charge >= 0.3 is 0 Å². The van der Waals surface area contributed by atoms with Gasteiger partial charge in [0.1, 0.15) is 0 Å². The summed E-state index contributed by atoms with van der Waals surface area (Å²) in [4.78, 5) is 52.3. The standard InChI is InChI=1S/C26H25N3O8S2.C24H21N3O4/c1-38(32,33)36-13-11-28-15-19(17-7-3-5-9-21(17)28)23-24(26(31)27-25(23)30)20-16-29(12-14-37-39(2,34)35)22-10-6-4-8-18(20)22;28-11-9-26-13-17(15-5-1-3-7-19(15)26)21-22(24(31)25-23(21)30)18-14-27(10-12-29)20-8-4-2-6-16(18)20/h3-10,15-16H,11-14H2,1-2H3,(H,27,30,31);1-8,13-14,28-29H,9-12H2,(H,25,30,31). The summed E-state index contributed by atoms with van der Waals surface area (Å²) in [7, 11) is -7.25. The highest BCUT2D eigenvalue weighted by Crippen LogP contribution is 2.41. The van der Waals surface area contributed by atoms with Gasteiger partial charge in [0.25, 0.3) is 43.9 Å². The lowest BCUT2D eigenvalue weighted by molar-refractivity contribution is -0.124. The van der Waals surface area contributed by atoms with Crippen LogP contribution >= 0.6 is 0 Å². The van der Waals surface area contributed by atoms with Gasteiger partial charge in [-0.2, -0.15) is 16.8 Å². The second kappa shape index (κ2) is 19.1. The first-order valence-electron chi connectivity index (χ1n) is 22.0. The number of benzene rings is 4. The van der Waals surface area contributed by atoms with Crippen LogP contribution in [0.25, 0.3) is 65.9 Å². The van der Waals surface area contributed by atoms with Crippen molar-refractivity contribution in [3.63, 3.8) is 0 Å². The lowest BCUT2D eigenvalue weighted by Gasteiger charge is -2.05. The first-order valence-corrected chi connectivity index (χ1v) is 25.6. The van der Waals surface area contributed by atoms with Crippen LogP contribution in [-0.4, -0.2) is 108 Å². The second-order valence-electron chi connectivity index (χ2n) is 16.6. The zero-order chi connectivity index (χ0) is 49.5. The Labute approximate surface area is 400 Å². The number of aliphatic hydroxyl groups is 2. The SMILES string of the molecule is CS(=O)(=O)OCCn1cc(C2=C(c3cn(CCOS(C)(=O)=O)c4ccccc34)C(=O)NC2=O)c2ccccc21.O=C1NC(=O)C(c2cn(CCO)c3ccccc23)=C1c1cn(CCO)c2ccccc12. The number of carbonyl (C=O) groups is 4. The second-order valence-corrected chi connectivity index (χ2v) is 19.9. The highest BCUT2D eigenvalue weighted by Gasteiger charge is 2.37. The fraction of sp³-hybridized carbons (Fsp3) is 0.200. The van der Waals surface area contributed by atoms with Gasteiger partial charge in [-0.3, -0.25) is 38.2 Å². The molecule has 0 aliphatic carbocycles. The van der Waals surface area contributed by atoms with Crippen molar-refractivity contribution >= 4 is 110 Å². The van der Waals surface area contributed by atoms with Gasteiger partial charge in [0.15, 0.2) is 0 Å². The number of para-hydroxylation sites is 4. The van der Waals surface area contributed by atoms with Crippen LogP contribution in [0.15, 0.2) is 122 Å². The lowest BCUT2D eigenvalue weighted by atomic mass is 9.95. The highest BCUT2D eigenvalue weighted by atomic mass is 32.2. The number of hydrogen-bond acceptors (Lipinski definition) is 12. The average Bonchev–Trinajstić information content (AvgIpc) is 4.16. The molecule has 2 aliphatic heterocycles. The molecule has 2 aliphatic rings. The number of nitrogens with zero attached hydrogens (tertiary/aromatic N) is 4. The van der Waals surface area contributed by atoms with Gasteiger partial charge in [-0.1, -0.05) is 72.8 Å². The molecule has 360 valence electrons. The van der Waals surface area contributed by atoms with E-state index in [4.69, 9.17) is 8.37 Å². The van der Waals surface area contributed by atoms with Crippen molar-refractivity contribution in [3.05, 3.63) is 144 Å². The van der Waals surface area contributed by atoms with Gasteiger partial charge in [0, 0.05) is 117 Å². The van der Waals surface area contributed by atoms with Crippen LogP contribution in [0.1, 0.15) is 22.3 Å². The summed E-state index contributed by atoms with van der Waals surface area (Å²) in [5.41, 5.74) is 6.61. The molecule has 4 amide bonds. The molecular weight excluding hydrogens is 941 g/mol. The lowest BCUT2D eigenvalue weighted by Crippen LogP contribution is -2.22. The molecule has 0 bridgehead atoms. The van der Waals surface area contributed by atoms with E-state index in [1.165, 1.54) is 0 Å². The molecule has 70 heavy (non-hydrogen) atoms. The minimum Gasteiger partial charge on any atom is -0.395 e. The Hall–Kier alpha value is -7.46. The summed E-state index contributed by atoms with van der Waals surface area (Å²) < 4.78 is 62.9. The molecule has 4 aromatic heterocycles. The van der Waals surface area contributed by atoms with E-state index in [9.17, 15) is 46.2 Å². The maximum atomic E-state index is 13.2. The number of amides is 4. The van der Waals surface area contributed by atoms with Crippen molar-refractivity contribution < 1.29 is 54.6 Å². The van der Waals surface area contributed by atoms with Crippen LogP contribution in [0.4, 0.5) is 0 Å². The largest absolute Gasteiger partial charge is 0.395 e. The van der Waals surface area contributed by atoms with E-state index in [-0.39, 0.29) is 50.7 Å². The highest BCUT2D eigenvalue weighted by molar-refractivity contribution is 7.86. The number of fused-ring (bicyclic) bond motifs is 4. The summed E-state index contributed by atoms with van der Waals surface area (Å²) in [6.45, 7) is 0.890. The van der Waals surface area contributed by atoms with Crippen LogP contribution in [0.5, 0.6) is 0 Å². The van der Waals surface area contributed by atoms with Crippen LogP contribution < -0.4 is 10.6 Å². The van der Waals surface area contributed by atoms with E-state index >= 15 is 0 Å². The molecule has 8 aromatic rings. The summed E-state index contributed by atoms with van der Waals surface area (Å²) in [5.74, 6) is -1.98. The molecule has 0 radical (unpaired) electrons. The number of carbonyl (C=O) groups excluding carboxylic acids is 4. The number of nitrogens with one attached hydrogen (secondary N) is 2. The van der Waals surface area contributed by atoms with Crippen LogP contribution in [0.2, 0.25) is 0 Å². The average molecular weight is 987 g/mol. The third-order valence-corrected chi connectivity index (χ3v) is 13.2. The van der Waals surface area contributed by atoms with E-state index in [2.05, 4.69) is 10.6 Å². The molecule has 20 heteroatoms. The molecule has 0 atom stereocenters. The van der Waals surface area contributed by atoms with Crippen molar-refractivity contribution in [1.29, 1.82) is 0 Å². The molecule has 0 saturated heterocycles. The minimum atomic E-state index is -3.63. The molecule has 6 heterocycles. The summed E-state index contributed by atoms with van der Waals surface area (Å²) in [5, 5.41) is 26.9. The summed E-state index contributed by atoms with van der Waals surface area (Å²) >= 11 is 0. The Bertz CT molecular complexity index is 3500. The molecular formula is C50H46N6O12S2. The number of aliphatic hydroxyl groups excluding tert-OH is 2. The van der Waals surface area contributed by atoms with Crippen molar-refractivity contribution in [2.24, 2.45) is 0 Å². The Balaban J connectivity index is 0.000000178. The first kappa shape index (κ1) is 47.6. The van der Waals surface area contributed by atoms with E-state index in [1.54, 1.807) is 21.5 Å². The fourth-order valence-corrected chi connectivity index (χ4v) is 10.0. The van der Waals surface area contributed by atoms with Gasteiger partial charge in [-0.15, -0.1) is 0 Å². The van der Waals surface area contributed by atoms with Crippen molar-refractivity contribution in [3.8, 4) is 0 Å². The predicted octanol–water partition coefficient (Wildman–Crippen LogP) is 4.26. The Morgan fingerprint density at radius 3 is 0.900 bits per heavy atom. The van der Waals surface area contributed by atoms with E-state index in [0.29, 0.717) is 57.3 Å². The van der Waals surface area contributed by atoms with Gasteiger partial charge in [-0.05, 0) is 24.3 Å². The summed E-state index contributed by atoms with van der Waals surface area (Å²) in [6, 6.07) is 29.8. The smallest absolute Gasteiger partial charge is 0.264 e. The maximum Gasteiger partial charge on any atom is 0.264 e. The van der Waals surface area contributed by atoms with E-state index in [0.717, 1.165) is 45.4 Å².